The summed E-state index contributed by atoms with van der Waals surface area (Å²) in [4.78, 5) is 28.7. The predicted octanol–water partition coefficient (Wildman–Crippen LogP) is 2.54. The number of hydrogen-bond donors (Lipinski definition) is 1. The van der Waals surface area contributed by atoms with E-state index in [0.29, 0.717) is 17.8 Å². The summed E-state index contributed by atoms with van der Waals surface area (Å²) in [5, 5.41) is 2.93. The first-order valence-electron chi connectivity index (χ1n) is 9.52. The van der Waals surface area contributed by atoms with Crippen LogP contribution in [0.3, 0.4) is 0 Å². The predicted molar refractivity (Wildman–Crippen MR) is 109 cm³/mol. The average Bonchev–Trinajstić information content (AvgIpc) is 2.71. The number of nitrogens with zero attached hydrogens (tertiary/aromatic N) is 2. The number of piperazine rings is 1. The number of hydrogen-bond acceptors (Lipinski definition) is 5. The molecule has 1 heterocycles. The normalized spacial score (nSPS) is 15.2. The SMILES string of the molecule is COC(=O)c1ccc(C)c(NC(=O)CN2CCN(Cc3ccccc3)CC2)c1. The molecule has 0 aromatic heterocycles. The Morgan fingerprint density at radius 2 is 1.68 bits per heavy atom. The van der Waals surface area contributed by atoms with Gasteiger partial charge in [0.2, 0.25) is 5.91 Å². The van der Waals surface area contributed by atoms with Gasteiger partial charge in [0.15, 0.2) is 0 Å². The van der Waals surface area contributed by atoms with E-state index in [0.717, 1.165) is 38.3 Å². The molecule has 2 aromatic carbocycles. The van der Waals surface area contributed by atoms with Crippen molar-refractivity contribution in [1.29, 1.82) is 0 Å². The molecular formula is C22H27N3O3. The zero-order chi connectivity index (χ0) is 19.9. The number of amides is 1. The number of nitrogens with one attached hydrogen (secondary N) is 1. The summed E-state index contributed by atoms with van der Waals surface area (Å²) in [5.74, 6) is -0.480. The number of carbonyl (C=O) groups excluding carboxylic acids is 2. The van der Waals surface area contributed by atoms with Gasteiger partial charge in [-0.15, -0.1) is 0 Å². The van der Waals surface area contributed by atoms with E-state index in [4.69, 9.17) is 4.74 Å². The first-order chi connectivity index (χ1) is 13.5. The largest absolute Gasteiger partial charge is 0.465 e. The standard InChI is InChI=1S/C22H27N3O3/c1-17-8-9-19(22(27)28-2)14-20(17)23-21(26)16-25-12-10-24(11-13-25)15-18-6-4-3-5-7-18/h3-9,14H,10-13,15-16H2,1-2H3,(H,23,26). The molecule has 1 aliphatic rings. The molecule has 0 bridgehead atoms. The summed E-state index contributed by atoms with van der Waals surface area (Å²) in [6, 6.07) is 15.6. The van der Waals surface area contributed by atoms with E-state index in [-0.39, 0.29) is 5.91 Å². The maximum absolute atomic E-state index is 12.5. The molecule has 28 heavy (non-hydrogen) atoms. The van der Waals surface area contributed by atoms with Gasteiger partial charge >= 0.3 is 5.97 Å². The molecule has 1 amide bonds. The minimum Gasteiger partial charge on any atom is -0.465 e. The highest BCUT2D eigenvalue weighted by molar-refractivity contribution is 5.96. The molecule has 1 aliphatic heterocycles. The Morgan fingerprint density at radius 3 is 2.36 bits per heavy atom. The van der Waals surface area contributed by atoms with Gasteiger partial charge in [-0.1, -0.05) is 36.4 Å². The Hall–Kier alpha value is -2.70. The van der Waals surface area contributed by atoms with Crippen molar-refractivity contribution in [2.24, 2.45) is 0 Å². The summed E-state index contributed by atoms with van der Waals surface area (Å²) < 4.78 is 4.75. The van der Waals surface area contributed by atoms with Gasteiger partial charge in [0.1, 0.15) is 0 Å². The third-order valence-electron chi connectivity index (χ3n) is 5.01. The van der Waals surface area contributed by atoms with Gasteiger partial charge in [-0.05, 0) is 30.2 Å². The van der Waals surface area contributed by atoms with Crippen molar-refractivity contribution in [2.45, 2.75) is 13.5 Å². The molecule has 2 aromatic rings. The van der Waals surface area contributed by atoms with Crippen LogP contribution in [-0.2, 0) is 16.1 Å². The molecule has 1 saturated heterocycles. The van der Waals surface area contributed by atoms with Crippen LogP contribution in [-0.4, -0.2) is 61.5 Å². The van der Waals surface area contributed by atoms with Crippen molar-refractivity contribution in [1.82, 2.24) is 9.80 Å². The van der Waals surface area contributed by atoms with Crippen LogP contribution < -0.4 is 5.32 Å². The third kappa shape index (κ3) is 5.41. The first kappa shape index (κ1) is 20.0. The van der Waals surface area contributed by atoms with Crippen molar-refractivity contribution in [3.8, 4) is 0 Å². The van der Waals surface area contributed by atoms with E-state index in [2.05, 4.69) is 39.4 Å². The second kappa shape index (κ2) is 9.48. The third-order valence-corrected chi connectivity index (χ3v) is 5.01. The number of rotatable bonds is 6. The number of anilines is 1. The van der Waals surface area contributed by atoms with Crippen LogP contribution in [0.4, 0.5) is 5.69 Å². The van der Waals surface area contributed by atoms with Crippen LogP contribution in [0, 0.1) is 6.92 Å². The molecule has 0 radical (unpaired) electrons. The highest BCUT2D eigenvalue weighted by Crippen LogP contribution is 2.18. The van der Waals surface area contributed by atoms with Crippen molar-refractivity contribution in [3.63, 3.8) is 0 Å². The fourth-order valence-electron chi connectivity index (χ4n) is 3.34. The Kier molecular flexibility index (Phi) is 6.79. The van der Waals surface area contributed by atoms with Crippen LogP contribution in [0.25, 0.3) is 0 Å². The fraction of sp³-hybridized carbons (Fsp3) is 0.364. The molecule has 0 unspecified atom stereocenters. The molecule has 1 fully saturated rings. The summed E-state index contributed by atoms with van der Waals surface area (Å²) in [7, 11) is 1.35. The van der Waals surface area contributed by atoms with Crippen molar-refractivity contribution in [2.75, 3.05) is 45.2 Å². The molecule has 0 saturated carbocycles. The Balaban J connectivity index is 1.49. The topological polar surface area (TPSA) is 61.9 Å². The van der Waals surface area contributed by atoms with Gasteiger partial charge in [-0.25, -0.2) is 4.79 Å². The lowest BCUT2D eigenvalue weighted by Crippen LogP contribution is -2.48. The van der Waals surface area contributed by atoms with E-state index in [1.165, 1.54) is 12.7 Å². The summed E-state index contributed by atoms with van der Waals surface area (Å²) in [6.07, 6.45) is 0. The fourth-order valence-corrected chi connectivity index (χ4v) is 3.34. The van der Waals surface area contributed by atoms with Gasteiger partial charge < -0.3 is 10.1 Å². The number of ether oxygens (including phenoxy) is 1. The molecule has 1 N–H and O–H groups in total. The number of aryl methyl sites for hydroxylation is 1. The van der Waals surface area contributed by atoms with E-state index in [9.17, 15) is 9.59 Å². The number of methoxy groups -OCH3 is 1. The second-order valence-electron chi connectivity index (χ2n) is 7.11. The average molecular weight is 381 g/mol. The lowest BCUT2D eigenvalue weighted by molar-refractivity contribution is -0.117. The van der Waals surface area contributed by atoms with Gasteiger partial charge in [0, 0.05) is 38.4 Å². The van der Waals surface area contributed by atoms with Gasteiger partial charge in [-0.2, -0.15) is 0 Å². The summed E-state index contributed by atoms with van der Waals surface area (Å²) in [5.41, 5.74) is 3.30. The van der Waals surface area contributed by atoms with Crippen LogP contribution in [0.2, 0.25) is 0 Å². The van der Waals surface area contributed by atoms with Crippen LogP contribution >= 0.6 is 0 Å². The molecule has 3 rings (SSSR count). The number of esters is 1. The maximum Gasteiger partial charge on any atom is 0.337 e. The highest BCUT2D eigenvalue weighted by atomic mass is 16.5. The molecule has 6 heteroatoms. The van der Waals surface area contributed by atoms with Gasteiger partial charge in [0.25, 0.3) is 0 Å². The summed E-state index contributed by atoms with van der Waals surface area (Å²) >= 11 is 0. The highest BCUT2D eigenvalue weighted by Gasteiger charge is 2.19. The second-order valence-corrected chi connectivity index (χ2v) is 7.11. The lowest BCUT2D eigenvalue weighted by Gasteiger charge is -2.34. The lowest BCUT2D eigenvalue weighted by atomic mass is 10.1. The van der Waals surface area contributed by atoms with Gasteiger partial charge in [0.05, 0.1) is 19.2 Å². The number of carbonyl (C=O) groups is 2. The van der Waals surface area contributed by atoms with Crippen LogP contribution in [0.1, 0.15) is 21.5 Å². The Bertz CT molecular complexity index is 815. The smallest absolute Gasteiger partial charge is 0.337 e. The van der Waals surface area contributed by atoms with Crippen molar-refractivity contribution < 1.29 is 14.3 Å². The monoisotopic (exact) mass is 381 g/mol. The van der Waals surface area contributed by atoms with Crippen LogP contribution in [0.15, 0.2) is 48.5 Å². The van der Waals surface area contributed by atoms with E-state index in [1.54, 1.807) is 12.1 Å². The molecular weight excluding hydrogens is 354 g/mol. The zero-order valence-corrected chi connectivity index (χ0v) is 16.5. The zero-order valence-electron chi connectivity index (χ0n) is 16.5. The van der Waals surface area contributed by atoms with Crippen molar-refractivity contribution >= 4 is 17.6 Å². The van der Waals surface area contributed by atoms with Gasteiger partial charge in [-0.3, -0.25) is 14.6 Å². The number of benzene rings is 2. The minimum atomic E-state index is -0.412. The summed E-state index contributed by atoms with van der Waals surface area (Å²) in [6.45, 7) is 6.81. The Morgan fingerprint density at radius 1 is 1.00 bits per heavy atom. The van der Waals surface area contributed by atoms with E-state index < -0.39 is 5.97 Å². The quantitative estimate of drug-likeness (QED) is 0.779. The van der Waals surface area contributed by atoms with Crippen LogP contribution in [0.5, 0.6) is 0 Å². The molecule has 0 aliphatic carbocycles. The molecule has 0 atom stereocenters. The first-order valence-corrected chi connectivity index (χ1v) is 9.52. The van der Waals surface area contributed by atoms with E-state index in [1.807, 2.05) is 19.1 Å². The van der Waals surface area contributed by atoms with Crippen molar-refractivity contribution in [3.05, 3.63) is 65.2 Å². The Labute approximate surface area is 166 Å². The minimum absolute atomic E-state index is 0.0679. The van der Waals surface area contributed by atoms with E-state index >= 15 is 0 Å². The molecule has 6 nitrogen and oxygen atoms in total. The maximum atomic E-state index is 12.5. The molecule has 0 spiro atoms. The molecule has 148 valence electrons.